The molecular weight excluding hydrogens is 446 g/mol. The third-order valence-corrected chi connectivity index (χ3v) is 6.22. The SMILES string of the molecule is Cc1ccccc1CN1C(=O)COc2ccc(NC(=O)CCN3C(=O)c4ccccc4C3=O)cc21. The second-order valence-corrected chi connectivity index (χ2v) is 8.48. The first kappa shape index (κ1) is 22.3. The Morgan fingerprint density at radius 2 is 1.60 bits per heavy atom. The molecule has 35 heavy (non-hydrogen) atoms. The van der Waals surface area contributed by atoms with Crippen LogP contribution in [0.3, 0.4) is 0 Å². The van der Waals surface area contributed by atoms with E-state index in [4.69, 9.17) is 4.74 Å². The molecule has 3 aromatic rings. The predicted molar refractivity (Wildman–Crippen MR) is 129 cm³/mol. The molecule has 0 aromatic heterocycles. The number of anilines is 2. The van der Waals surface area contributed by atoms with Crippen LogP contribution in [0, 0.1) is 6.92 Å². The Morgan fingerprint density at radius 1 is 0.914 bits per heavy atom. The van der Waals surface area contributed by atoms with E-state index in [1.807, 2.05) is 31.2 Å². The van der Waals surface area contributed by atoms with Gasteiger partial charge in [0.15, 0.2) is 6.61 Å². The number of carbonyl (C=O) groups excluding carboxylic acids is 4. The largest absolute Gasteiger partial charge is 0.482 e. The molecule has 2 aliphatic heterocycles. The molecule has 1 N–H and O–H groups in total. The smallest absolute Gasteiger partial charge is 0.265 e. The summed E-state index contributed by atoms with van der Waals surface area (Å²) in [6, 6.07) is 19.6. The van der Waals surface area contributed by atoms with E-state index in [9.17, 15) is 19.2 Å². The summed E-state index contributed by atoms with van der Waals surface area (Å²) in [7, 11) is 0. The number of carbonyl (C=O) groups is 4. The van der Waals surface area contributed by atoms with Crippen LogP contribution >= 0.6 is 0 Å². The van der Waals surface area contributed by atoms with Crippen molar-refractivity contribution >= 4 is 35.0 Å². The molecule has 5 rings (SSSR count). The maximum Gasteiger partial charge on any atom is 0.265 e. The van der Waals surface area contributed by atoms with Gasteiger partial charge in [-0.05, 0) is 48.4 Å². The molecule has 3 aromatic carbocycles. The van der Waals surface area contributed by atoms with E-state index in [2.05, 4.69) is 5.32 Å². The third kappa shape index (κ3) is 4.26. The van der Waals surface area contributed by atoms with Gasteiger partial charge in [-0.2, -0.15) is 0 Å². The fourth-order valence-electron chi connectivity index (χ4n) is 4.29. The van der Waals surface area contributed by atoms with Crippen molar-refractivity contribution in [3.05, 3.63) is 89.0 Å². The number of fused-ring (bicyclic) bond motifs is 2. The Balaban J connectivity index is 1.28. The van der Waals surface area contributed by atoms with E-state index in [1.165, 1.54) is 0 Å². The van der Waals surface area contributed by atoms with Gasteiger partial charge in [-0.3, -0.25) is 24.1 Å². The van der Waals surface area contributed by atoms with Gasteiger partial charge in [-0.1, -0.05) is 36.4 Å². The number of aryl methyl sites for hydroxylation is 1. The highest BCUT2D eigenvalue weighted by molar-refractivity contribution is 6.21. The van der Waals surface area contributed by atoms with Crippen molar-refractivity contribution in [2.75, 3.05) is 23.4 Å². The summed E-state index contributed by atoms with van der Waals surface area (Å²) < 4.78 is 5.58. The molecule has 0 unspecified atom stereocenters. The minimum atomic E-state index is -0.394. The molecule has 0 fully saturated rings. The first-order valence-corrected chi connectivity index (χ1v) is 11.3. The van der Waals surface area contributed by atoms with Crippen LogP contribution in [0.4, 0.5) is 11.4 Å². The highest BCUT2D eigenvalue weighted by Gasteiger charge is 2.35. The topological polar surface area (TPSA) is 96.0 Å². The second-order valence-electron chi connectivity index (χ2n) is 8.48. The molecule has 0 saturated heterocycles. The van der Waals surface area contributed by atoms with Gasteiger partial charge < -0.3 is 15.0 Å². The molecule has 8 heteroatoms. The summed E-state index contributed by atoms with van der Waals surface area (Å²) >= 11 is 0. The van der Waals surface area contributed by atoms with Crippen LogP contribution in [0.15, 0.2) is 66.7 Å². The Morgan fingerprint density at radius 3 is 2.31 bits per heavy atom. The average Bonchev–Trinajstić information content (AvgIpc) is 3.10. The zero-order chi connectivity index (χ0) is 24.5. The van der Waals surface area contributed by atoms with Crippen molar-refractivity contribution < 1.29 is 23.9 Å². The first-order chi connectivity index (χ1) is 16.9. The molecule has 4 amide bonds. The Labute approximate surface area is 202 Å². The predicted octanol–water partition coefficient (Wildman–Crippen LogP) is 3.55. The molecule has 8 nitrogen and oxygen atoms in total. The number of nitrogens with zero attached hydrogens (tertiary/aromatic N) is 2. The lowest BCUT2D eigenvalue weighted by Crippen LogP contribution is -2.38. The van der Waals surface area contributed by atoms with E-state index < -0.39 is 11.8 Å². The monoisotopic (exact) mass is 469 g/mol. The van der Waals surface area contributed by atoms with Crippen LogP contribution in [-0.4, -0.2) is 41.7 Å². The summed E-state index contributed by atoms with van der Waals surface area (Å²) in [5, 5.41) is 2.80. The van der Waals surface area contributed by atoms with Crippen LogP contribution < -0.4 is 15.0 Å². The molecule has 0 aliphatic carbocycles. The van der Waals surface area contributed by atoms with E-state index in [0.717, 1.165) is 16.0 Å². The number of amides is 4. The van der Waals surface area contributed by atoms with Crippen molar-refractivity contribution in [3.63, 3.8) is 0 Å². The fraction of sp³-hybridized carbons (Fsp3) is 0.185. The minimum absolute atomic E-state index is 0.0237. The highest BCUT2D eigenvalue weighted by atomic mass is 16.5. The van der Waals surface area contributed by atoms with E-state index in [1.54, 1.807) is 47.4 Å². The van der Waals surface area contributed by atoms with Gasteiger partial charge in [0.05, 0.1) is 23.4 Å². The van der Waals surface area contributed by atoms with E-state index in [0.29, 0.717) is 34.8 Å². The number of hydrogen-bond donors (Lipinski definition) is 1. The molecule has 0 radical (unpaired) electrons. The molecule has 0 spiro atoms. The summed E-state index contributed by atoms with van der Waals surface area (Å²) in [4.78, 5) is 53.0. The zero-order valence-corrected chi connectivity index (χ0v) is 19.1. The van der Waals surface area contributed by atoms with Crippen molar-refractivity contribution in [3.8, 4) is 5.75 Å². The lowest BCUT2D eigenvalue weighted by atomic mass is 10.1. The van der Waals surface area contributed by atoms with Gasteiger partial charge in [0, 0.05) is 18.7 Å². The van der Waals surface area contributed by atoms with Crippen LogP contribution in [-0.2, 0) is 16.1 Å². The normalized spacial score (nSPS) is 14.5. The number of nitrogens with one attached hydrogen (secondary N) is 1. The quantitative estimate of drug-likeness (QED) is 0.557. The summed E-state index contributed by atoms with van der Waals surface area (Å²) in [5.41, 5.74) is 3.86. The van der Waals surface area contributed by atoms with Gasteiger partial charge in [-0.25, -0.2) is 0 Å². The summed E-state index contributed by atoms with van der Waals surface area (Å²) in [6.45, 7) is 2.31. The van der Waals surface area contributed by atoms with E-state index in [-0.39, 0.29) is 31.4 Å². The average molecular weight is 469 g/mol. The Kier molecular flexibility index (Phi) is 5.78. The van der Waals surface area contributed by atoms with Gasteiger partial charge in [0.1, 0.15) is 5.75 Å². The maximum atomic E-state index is 12.7. The van der Waals surface area contributed by atoms with Crippen LogP contribution in [0.2, 0.25) is 0 Å². The van der Waals surface area contributed by atoms with Crippen molar-refractivity contribution in [2.24, 2.45) is 0 Å². The number of benzene rings is 3. The number of rotatable bonds is 6. The lowest BCUT2D eigenvalue weighted by molar-refractivity contribution is -0.121. The van der Waals surface area contributed by atoms with Gasteiger partial charge in [-0.15, -0.1) is 0 Å². The summed E-state index contributed by atoms with van der Waals surface area (Å²) in [5.74, 6) is -0.753. The minimum Gasteiger partial charge on any atom is -0.482 e. The van der Waals surface area contributed by atoms with Gasteiger partial charge in [0.25, 0.3) is 17.7 Å². The zero-order valence-electron chi connectivity index (χ0n) is 19.1. The number of imide groups is 1. The molecule has 2 heterocycles. The molecule has 0 saturated carbocycles. The Bertz CT molecular complexity index is 1330. The molecule has 2 aliphatic rings. The standard InChI is InChI=1S/C27H23N3O5/c1-17-6-2-3-7-18(17)15-30-22-14-19(10-11-23(22)35-16-25(30)32)28-24(31)12-13-29-26(33)20-8-4-5-9-21(20)27(29)34/h2-11,14H,12-13,15-16H2,1H3,(H,28,31). The Hall–Kier alpha value is -4.46. The van der Waals surface area contributed by atoms with Crippen LogP contribution in [0.25, 0.3) is 0 Å². The number of hydrogen-bond acceptors (Lipinski definition) is 5. The highest BCUT2D eigenvalue weighted by Crippen LogP contribution is 2.36. The molecular formula is C27H23N3O5. The lowest BCUT2D eigenvalue weighted by Gasteiger charge is -2.30. The van der Waals surface area contributed by atoms with Gasteiger partial charge >= 0.3 is 0 Å². The van der Waals surface area contributed by atoms with Gasteiger partial charge in [0.2, 0.25) is 5.91 Å². The second kappa shape index (κ2) is 9.06. The molecule has 176 valence electrons. The van der Waals surface area contributed by atoms with Crippen molar-refractivity contribution in [1.29, 1.82) is 0 Å². The van der Waals surface area contributed by atoms with Crippen molar-refractivity contribution in [1.82, 2.24) is 4.90 Å². The maximum absolute atomic E-state index is 12.7. The van der Waals surface area contributed by atoms with Crippen LogP contribution in [0.1, 0.15) is 38.3 Å². The molecule has 0 bridgehead atoms. The fourth-order valence-corrected chi connectivity index (χ4v) is 4.29. The summed E-state index contributed by atoms with van der Waals surface area (Å²) in [6.07, 6.45) is -0.0507. The van der Waals surface area contributed by atoms with E-state index >= 15 is 0 Å². The van der Waals surface area contributed by atoms with Crippen molar-refractivity contribution in [2.45, 2.75) is 19.9 Å². The third-order valence-electron chi connectivity index (χ3n) is 6.22. The first-order valence-electron chi connectivity index (χ1n) is 11.3. The molecule has 0 atom stereocenters. The number of ether oxygens (including phenoxy) is 1. The van der Waals surface area contributed by atoms with Crippen LogP contribution in [0.5, 0.6) is 5.75 Å².